The quantitative estimate of drug-likeness (QED) is 0.242. The molecule has 0 aliphatic heterocycles. The number of rotatable bonds is 10. The molecule has 1 saturated carbocycles. The largest absolute Gasteiger partial charge is 0.383 e. The third-order valence-electron chi connectivity index (χ3n) is 7.23. The van der Waals surface area contributed by atoms with Crippen molar-refractivity contribution in [2.45, 2.75) is 61.8 Å². The number of hydrogen-bond acceptors (Lipinski definition) is 6. The van der Waals surface area contributed by atoms with E-state index < -0.39 is 10.0 Å². The smallest absolute Gasteiger partial charge is 0.241 e. The van der Waals surface area contributed by atoms with Crippen molar-refractivity contribution < 1.29 is 8.42 Å². The Morgan fingerprint density at radius 3 is 2.39 bits per heavy atom. The van der Waals surface area contributed by atoms with Crippen molar-refractivity contribution in [2.24, 2.45) is 0 Å². The van der Waals surface area contributed by atoms with Gasteiger partial charge in [-0.1, -0.05) is 74.2 Å². The van der Waals surface area contributed by atoms with Gasteiger partial charge in [0.05, 0.1) is 10.4 Å². The monoisotopic (exact) mass is 503 g/mol. The highest BCUT2D eigenvalue weighted by molar-refractivity contribution is 7.89. The van der Waals surface area contributed by atoms with Crippen molar-refractivity contribution in [1.29, 1.82) is 0 Å². The van der Waals surface area contributed by atoms with Crippen molar-refractivity contribution in [3.63, 3.8) is 0 Å². The average Bonchev–Trinajstić information content (AvgIpc) is 3.34. The van der Waals surface area contributed by atoms with E-state index in [1.54, 1.807) is 12.1 Å². The van der Waals surface area contributed by atoms with Gasteiger partial charge in [-0.3, -0.25) is 0 Å². The minimum Gasteiger partial charge on any atom is -0.383 e. The Kier molecular flexibility index (Phi) is 7.07. The van der Waals surface area contributed by atoms with Crippen LogP contribution in [0.4, 0.5) is 11.8 Å². The van der Waals surface area contributed by atoms with Crippen molar-refractivity contribution in [2.75, 3.05) is 17.6 Å². The second-order valence-corrected chi connectivity index (χ2v) is 11.5. The summed E-state index contributed by atoms with van der Waals surface area (Å²) in [6, 6.07) is 20.7. The minimum absolute atomic E-state index is 0.0304. The molecule has 7 nitrogen and oxygen atoms in total. The summed E-state index contributed by atoms with van der Waals surface area (Å²) in [6.45, 7) is 0.427. The van der Waals surface area contributed by atoms with E-state index in [1.807, 2.05) is 54.6 Å². The molecule has 1 aliphatic carbocycles. The Balaban J connectivity index is 1.15. The van der Waals surface area contributed by atoms with Crippen LogP contribution >= 0.6 is 0 Å². The van der Waals surface area contributed by atoms with Gasteiger partial charge in [-0.05, 0) is 49.3 Å². The lowest BCUT2D eigenvalue weighted by atomic mass is 9.90. The van der Waals surface area contributed by atoms with Gasteiger partial charge in [0.1, 0.15) is 5.82 Å². The van der Waals surface area contributed by atoms with Crippen molar-refractivity contribution in [3.8, 4) is 0 Å². The zero-order valence-electron chi connectivity index (χ0n) is 20.4. The number of aromatic nitrogens is 2. The van der Waals surface area contributed by atoms with Crippen LogP contribution in [-0.2, 0) is 10.0 Å². The third-order valence-corrected chi connectivity index (χ3v) is 8.75. The summed E-state index contributed by atoms with van der Waals surface area (Å²) in [5.41, 5.74) is 7.01. The first-order chi connectivity index (χ1) is 17.5. The maximum Gasteiger partial charge on any atom is 0.241 e. The van der Waals surface area contributed by atoms with Gasteiger partial charge in [0, 0.05) is 22.9 Å². The molecule has 0 unspecified atom stereocenters. The third kappa shape index (κ3) is 5.29. The molecule has 0 bridgehead atoms. The van der Waals surface area contributed by atoms with E-state index in [0.29, 0.717) is 23.2 Å². The van der Waals surface area contributed by atoms with Crippen LogP contribution < -0.4 is 15.8 Å². The van der Waals surface area contributed by atoms with Crippen LogP contribution in [0.2, 0.25) is 0 Å². The summed E-state index contributed by atoms with van der Waals surface area (Å²) >= 11 is 0. The number of unbranched alkanes of at least 4 members (excludes halogenated alkanes) is 2. The number of benzene rings is 3. The molecule has 4 aromatic rings. The van der Waals surface area contributed by atoms with E-state index >= 15 is 0 Å². The number of nitrogens with zero attached hydrogens (tertiary/aromatic N) is 2. The molecule has 0 spiro atoms. The van der Waals surface area contributed by atoms with Gasteiger partial charge in [0.15, 0.2) is 0 Å². The molecule has 3 aromatic carbocycles. The number of para-hydroxylation sites is 1. The molecule has 0 atom stereocenters. The Morgan fingerprint density at radius 1 is 0.833 bits per heavy atom. The molecule has 4 N–H and O–H groups in total. The molecule has 5 rings (SSSR count). The normalized spacial score (nSPS) is 15.4. The first kappa shape index (κ1) is 24.5. The van der Waals surface area contributed by atoms with E-state index in [1.165, 1.54) is 12.8 Å². The first-order valence-electron chi connectivity index (χ1n) is 12.7. The zero-order valence-corrected chi connectivity index (χ0v) is 21.2. The molecular weight excluding hydrogens is 470 g/mol. The lowest BCUT2D eigenvalue weighted by molar-refractivity contribution is 0.416. The van der Waals surface area contributed by atoms with Gasteiger partial charge in [0.25, 0.3) is 0 Å². The molecular formula is C28H33N5O2S. The first-order valence-corrected chi connectivity index (χ1v) is 14.2. The highest BCUT2D eigenvalue weighted by Crippen LogP contribution is 2.37. The molecule has 8 heteroatoms. The minimum atomic E-state index is -3.56. The van der Waals surface area contributed by atoms with Gasteiger partial charge in [-0.2, -0.15) is 4.98 Å². The van der Waals surface area contributed by atoms with Crippen molar-refractivity contribution in [1.82, 2.24) is 14.7 Å². The van der Waals surface area contributed by atoms with Gasteiger partial charge in [-0.15, -0.1) is 0 Å². The highest BCUT2D eigenvalue weighted by Gasteiger charge is 2.34. The topological polar surface area (TPSA) is 110 Å². The summed E-state index contributed by atoms with van der Waals surface area (Å²) in [6.07, 6.45) is 8.27. The van der Waals surface area contributed by atoms with Crippen LogP contribution in [0.15, 0.2) is 71.6 Å². The van der Waals surface area contributed by atoms with Gasteiger partial charge >= 0.3 is 0 Å². The van der Waals surface area contributed by atoms with Crippen LogP contribution in [0, 0.1) is 0 Å². The fourth-order valence-corrected chi connectivity index (χ4v) is 6.66. The molecule has 0 amide bonds. The molecule has 1 aromatic heterocycles. The summed E-state index contributed by atoms with van der Waals surface area (Å²) in [5.74, 6) is 1.09. The van der Waals surface area contributed by atoms with Gasteiger partial charge in [0.2, 0.25) is 16.0 Å². The Hall–Kier alpha value is -3.23. The summed E-state index contributed by atoms with van der Waals surface area (Å²) in [5, 5.41) is 6.17. The fourth-order valence-electron chi connectivity index (χ4n) is 5.36. The van der Waals surface area contributed by atoms with Crippen LogP contribution in [0.25, 0.3) is 21.7 Å². The number of nitrogens with one attached hydrogen (secondary N) is 2. The summed E-state index contributed by atoms with van der Waals surface area (Å²) in [7, 11) is -3.56. The van der Waals surface area contributed by atoms with Crippen molar-refractivity contribution >= 4 is 43.5 Å². The second kappa shape index (κ2) is 10.4. The van der Waals surface area contributed by atoms with E-state index in [4.69, 9.17) is 10.7 Å². The number of anilines is 2. The highest BCUT2D eigenvalue weighted by atomic mass is 32.2. The van der Waals surface area contributed by atoms with Crippen LogP contribution in [0.1, 0.15) is 51.4 Å². The van der Waals surface area contributed by atoms with E-state index in [9.17, 15) is 8.42 Å². The van der Waals surface area contributed by atoms with Gasteiger partial charge in [-0.25, -0.2) is 18.1 Å². The molecule has 1 aliphatic rings. The number of sulfonamides is 1. The number of nitrogens with two attached hydrogens (primary N) is 1. The second-order valence-electron chi connectivity index (χ2n) is 9.75. The van der Waals surface area contributed by atoms with Gasteiger partial charge < -0.3 is 11.1 Å². The maximum atomic E-state index is 12.9. The van der Waals surface area contributed by atoms with Crippen molar-refractivity contribution in [3.05, 3.63) is 66.7 Å². The zero-order chi connectivity index (χ0) is 25.0. The maximum absolute atomic E-state index is 12.9. The SMILES string of the molecule is Nc1nc(NC2(CCCCCNS(=O)(=O)c3cccc4ccccc34)CCCC2)nc2ccccc12. The molecule has 188 valence electrons. The Bertz CT molecular complexity index is 1460. The number of fused-ring (bicyclic) bond motifs is 2. The molecule has 0 saturated heterocycles. The summed E-state index contributed by atoms with van der Waals surface area (Å²) in [4.78, 5) is 9.56. The predicted molar refractivity (Wildman–Crippen MR) is 146 cm³/mol. The Labute approximate surface area is 212 Å². The molecule has 1 fully saturated rings. The Morgan fingerprint density at radius 2 is 1.56 bits per heavy atom. The van der Waals surface area contributed by atoms with E-state index in [0.717, 1.165) is 60.2 Å². The molecule has 1 heterocycles. The van der Waals surface area contributed by atoms with Crippen LogP contribution in [0.5, 0.6) is 0 Å². The number of nitrogen functional groups attached to an aromatic ring is 1. The molecule has 36 heavy (non-hydrogen) atoms. The predicted octanol–water partition coefficient (Wildman–Crippen LogP) is 5.63. The lowest BCUT2D eigenvalue weighted by Crippen LogP contribution is -2.36. The number of hydrogen-bond donors (Lipinski definition) is 3. The van der Waals surface area contributed by atoms with Crippen LogP contribution in [-0.4, -0.2) is 30.5 Å². The molecule has 0 radical (unpaired) electrons. The standard InChI is InChI=1S/C28H33N5O2S/c29-26-23-14-4-5-15-24(23)31-27(32-26)33-28(18-7-8-19-28)17-6-1-9-20-30-36(34,35)25-16-10-12-21-11-2-3-13-22(21)25/h2-5,10-16,30H,1,6-9,17-20H2,(H3,29,31,32,33). The average molecular weight is 504 g/mol. The lowest BCUT2D eigenvalue weighted by Gasteiger charge is -2.30. The van der Waals surface area contributed by atoms with E-state index in [-0.39, 0.29) is 5.54 Å². The fraction of sp³-hybridized carbons (Fsp3) is 0.357. The summed E-state index contributed by atoms with van der Waals surface area (Å²) < 4.78 is 28.6. The van der Waals surface area contributed by atoms with E-state index in [2.05, 4.69) is 15.0 Å². The van der Waals surface area contributed by atoms with Crippen LogP contribution in [0.3, 0.4) is 0 Å².